The summed E-state index contributed by atoms with van der Waals surface area (Å²) in [6.07, 6.45) is 5.02. The quantitative estimate of drug-likeness (QED) is 0.814. The van der Waals surface area contributed by atoms with Crippen LogP contribution in [0.2, 0.25) is 0 Å². The Kier molecular flexibility index (Phi) is 6.83. The Morgan fingerprint density at radius 3 is 2.56 bits per heavy atom. The topological polar surface area (TPSA) is 74.2 Å². The molecule has 0 aliphatic heterocycles. The van der Waals surface area contributed by atoms with Gasteiger partial charge in [-0.15, -0.1) is 0 Å². The number of carbonyl (C=O) groups excluding carboxylic acids is 1. The summed E-state index contributed by atoms with van der Waals surface area (Å²) in [5.41, 5.74) is 1.19. The molecule has 0 radical (unpaired) electrons. The van der Waals surface area contributed by atoms with Crippen molar-refractivity contribution in [1.82, 2.24) is 10.6 Å². The average Bonchev–Trinajstić information content (AvgIpc) is 2.76. The smallest absolute Gasteiger partial charge is 0.407 e. The summed E-state index contributed by atoms with van der Waals surface area (Å²) in [6, 6.07) is 10.1. The standard InChI is InChI=1S/C20H29N3O2/c1-20(2,3)25-19(24)23-18-12-6-4-5-11-17(18)22-14-16-10-8-7-9-15(16)13-21/h7-10,17-18,22H,4-6,11-12,14H2,1-3H3,(H,23,24). The van der Waals surface area contributed by atoms with E-state index in [1.165, 1.54) is 6.42 Å². The fourth-order valence-electron chi connectivity index (χ4n) is 3.21. The van der Waals surface area contributed by atoms with Gasteiger partial charge in [0.15, 0.2) is 0 Å². The van der Waals surface area contributed by atoms with Gasteiger partial charge in [-0.1, -0.05) is 37.5 Å². The molecular formula is C20H29N3O2. The zero-order chi connectivity index (χ0) is 18.3. The van der Waals surface area contributed by atoms with Crippen LogP contribution in [0.1, 0.15) is 64.0 Å². The maximum atomic E-state index is 12.2. The van der Waals surface area contributed by atoms with Crippen LogP contribution in [0.3, 0.4) is 0 Å². The first-order valence-electron chi connectivity index (χ1n) is 9.10. The Bertz CT molecular complexity index is 616. The molecule has 136 valence electrons. The molecule has 25 heavy (non-hydrogen) atoms. The normalized spacial score (nSPS) is 21.0. The van der Waals surface area contributed by atoms with E-state index >= 15 is 0 Å². The van der Waals surface area contributed by atoms with E-state index in [0.717, 1.165) is 31.2 Å². The third-order valence-corrected chi connectivity index (χ3v) is 4.41. The van der Waals surface area contributed by atoms with Crippen molar-refractivity contribution in [2.45, 2.75) is 77.1 Å². The summed E-state index contributed by atoms with van der Waals surface area (Å²) in [7, 11) is 0. The molecule has 1 aliphatic rings. The Labute approximate surface area is 150 Å². The van der Waals surface area contributed by atoms with E-state index < -0.39 is 5.60 Å². The van der Waals surface area contributed by atoms with Crippen molar-refractivity contribution in [2.75, 3.05) is 0 Å². The number of ether oxygens (including phenoxy) is 1. The lowest BCUT2D eigenvalue weighted by Crippen LogP contribution is -2.50. The minimum Gasteiger partial charge on any atom is -0.444 e. The average molecular weight is 343 g/mol. The fraction of sp³-hybridized carbons (Fsp3) is 0.600. The van der Waals surface area contributed by atoms with Gasteiger partial charge in [0.1, 0.15) is 5.60 Å². The molecule has 5 nitrogen and oxygen atoms in total. The van der Waals surface area contributed by atoms with E-state index in [1.807, 2.05) is 45.0 Å². The number of nitriles is 1. The maximum absolute atomic E-state index is 12.2. The summed E-state index contributed by atoms with van der Waals surface area (Å²) < 4.78 is 5.41. The van der Waals surface area contributed by atoms with Crippen LogP contribution in [0, 0.1) is 11.3 Å². The van der Waals surface area contributed by atoms with Crippen LogP contribution in [0.5, 0.6) is 0 Å². The minimum absolute atomic E-state index is 0.0478. The van der Waals surface area contributed by atoms with Crippen LogP contribution in [0.25, 0.3) is 0 Å². The second-order valence-corrected chi connectivity index (χ2v) is 7.65. The number of hydrogen-bond acceptors (Lipinski definition) is 4. The highest BCUT2D eigenvalue weighted by atomic mass is 16.6. The Hall–Kier alpha value is -2.06. The van der Waals surface area contributed by atoms with Gasteiger partial charge in [0.25, 0.3) is 0 Å². The molecule has 0 aromatic heterocycles. The van der Waals surface area contributed by atoms with Crippen LogP contribution in [-0.4, -0.2) is 23.8 Å². The maximum Gasteiger partial charge on any atom is 0.407 e. The lowest BCUT2D eigenvalue weighted by atomic mass is 10.0. The molecule has 0 bridgehead atoms. The Morgan fingerprint density at radius 2 is 1.88 bits per heavy atom. The van der Waals surface area contributed by atoms with Gasteiger partial charge in [0, 0.05) is 18.6 Å². The van der Waals surface area contributed by atoms with Crippen molar-refractivity contribution >= 4 is 6.09 Å². The number of carbonyl (C=O) groups is 1. The van der Waals surface area contributed by atoms with Crippen molar-refractivity contribution in [3.8, 4) is 6.07 Å². The highest BCUT2D eigenvalue weighted by Gasteiger charge is 2.27. The van der Waals surface area contributed by atoms with Crippen LogP contribution in [-0.2, 0) is 11.3 Å². The van der Waals surface area contributed by atoms with Crippen LogP contribution in [0.15, 0.2) is 24.3 Å². The Balaban J connectivity index is 1.99. The largest absolute Gasteiger partial charge is 0.444 e. The van der Waals surface area contributed by atoms with E-state index in [4.69, 9.17) is 4.74 Å². The highest BCUT2D eigenvalue weighted by molar-refractivity contribution is 5.68. The van der Waals surface area contributed by atoms with Gasteiger partial charge in [0.2, 0.25) is 0 Å². The minimum atomic E-state index is -0.497. The summed E-state index contributed by atoms with van der Waals surface area (Å²) in [6.45, 7) is 6.23. The Morgan fingerprint density at radius 1 is 1.20 bits per heavy atom. The molecule has 2 rings (SSSR count). The summed E-state index contributed by atoms with van der Waals surface area (Å²) >= 11 is 0. The fourth-order valence-corrected chi connectivity index (χ4v) is 3.21. The predicted octanol–water partition coefficient (Wildman–Crippen LogP) is 3.87. The molecule has 0 saturated heterocycles. The lowest BCUT2D eigenvalue weighted by Gasteiger charge is -2.29. The first-order chi connectivity index (χ1) is 11.9. The zero-order valence-electron chi connectivity index (χ0n) is 15.5. The van der Waals surface area contributed by atoms with Gasteiger partial charge in [0.05, 0.1) is 11.6 Å². The molecule has 1 saturated carbocycles. The van der Waals surface area contributed by atoms with E-state index in [1.54, 1.807) is 0 Å². The number of alkyl carbamates (subject to hydrolysis) is 1. The molecule has 1 aromatic rings. The van der Waals surface area contributed by atoms with Crippen molar-refractivity contribution in [2.24, 2.45) is 0 Å². The van der Waals surface area contributed by atoms with Crippen LogP contribution >= 0.6 is 0 Å². The van der Waals surface area contributed by atoms with E-state index in [-0.39, 0.29) is 18.2 Å². The molecule has 1 fully saturated rings. The number of hydrogen-bond donors (Lipinski definition) is 2. The molecular weight excluding hydrogens is 314 g/mol. The summed E-state index contributed by atoms with van der Waals surface area (Å²) in [5, 5.41) is 15.8. The first-order valence-corrected chi connectivity index (χ1v) is 9.10. The van der Waals surface area contributed by atoms with Crippen molar-refractivity contribution < 1.29 is 9.53 Å². The number of nitrogens with zero attached hydrogens (tertiary/aromatic N) is 1. The van der Waals surface area contributed by atoms with Gasteiger partial charge >= 0.3 is 6.09 Å². The highest BCUT2D eigenvalue weighted by Crippen LogP contribution is 2.20. The molecule has 0 spiro atoms. The van der Waals surface area contributed by atoms with E-state index in [9.17, 15) is 10.1 Å². The van der Waals surface area contributed by atoms with Crippen molar-refractivity contribution in [1.29, 1.82) is 5.26 Å². The molecule has 1 aromatic carbocycles. The number of amides is 1. The zero-order valence-corrected chi connectivity index (χ0v) is 15.5. The van der Waals surface area contributed by atoms with Crippen LogP contribution in [0.4, 0.5) is 4.79 Å². The summed E-state index contributed by atoms with van der Waals surface area (Å²) in [4.78, 5) is 12.2. The number of benzene rings is 1. The third-order valence-electron chi connectivity index (χ3n) is 4.41. The molecule has 2 unspecified atom stereocenters. The van der Waals surface area contributed by atoms with Crippen molar-refractivity contribution in [3.63, 3.8) is 0 Å². The molecule has 1 aliphatic carbocycles. The van der Waals surface area contributed by atoms with Gasteiger partial charge < -0.3 is 15.4 Å². The van der Waals surface area contributed by atoms with Gasteiger partial charge in [-0.3, -0.25) is 0 Å². The van der Waals surface area contributed by atoms with E-state index in [2.05, 4.69) is 16.7 Å². The van der Waals surface area contributed by atoms with E-state index in [0.29, 0.717) is 12.1 Å². The van der Waals surface area contributed by atoms with Gasteiger partial charge in [-0.05, 0) is 45.2 Å². The van der Waals surface area contributed by atoms with Gasteiger partial charge in [-0.2, -0.15) is 5.26 Å². The van der Waals surface area contributed by atoms with Gasteiger partial charge in [-0.25, -0.2) is 4.79 Å². The monoisotopic (exact) mass is 343 g/mol. The summed E-state index contributed by atoms with van der Waals surface area (Å²) in [5.74, 6) is 0. The third kappa shape index (κ3) is 6.39. The second kappa shape index (κ2) is 8.87. The molecule has 2 N–H and O–H groups in total. The first kappa shape index (κ1) is 19.3. The SMILES string of the molecule is CC(C)(C)OC(=O)NC1CCCCCC1NCc1ccccc1C#N. The predicted molar refractivity (Wildman–Crippen MR) is 98.0 cm³/mol. The number of rotatable bonds is 4. The lowest BCUT2D eigenvalue weighted by molar-refractivity contribution is 0.0489. The molecule has 0 heterocycles. The molecule has 2 atom stereocenters. The second-order valence-electron chi connectivity index (χ2n) is 7.65. The molecule has 1 amide bonds. The van der Waals surface area contributed by atoms with Crippen LogP contribution < -0.4 is 10.6 Å². The number of nitrogens with one attached hydrogen (secondary N) is 2. The van der Waals surface area contributed by atoms with Crippen molar-refractivity contribution in [3.05, 3.63) is 35.4 Å². The molecule has 5 heteroatoms.